The van der Waals surface area contributed by atoms with Crippen molar-refractivity contribution in [2.24, 2.45) is 0 Å². The maximum absolute atomic E-state index is 12.0. The van der Waals surface area contributed by atoms with Crippen molar-refractivity contribution in [3.05, 3.63) is 60.1 Å². The van der Waals surface area contributed by atoms with Gasteiger partial charge in [0.2, 0.25) is 0 Å². The molecule has 1 aromatic carbocycles. The largest absolute Gasteiger partial charge is 0.463 e. The second kappa shape index (κ2) is 8.34. The second-order valence-electron chi connectivity index (χ2n) is 5.19. The summed E-state index contributed by atoms with van der Waals surface area (Å²) in [6.45, 7) is -1.67. The summed E-state index contributed by atoms with van der Waals surface area (Å²) < 4.78 is 41.4. The zero-order chi connectivity index (χ0) is 18.3. The molecule has 1 heterocycles. The van der Waals surface area contributed by atoms with Crippen LogP contribution in [-0.4, -0.2) is 31.2 Å². The van der Waals surface area contributed by atoms with Crippen molar-refractivity contribution in [3.63, 3.8) is 0 Å². The third-order valence-electron chi connectivity index (χ3n) is 3.25. The Morgan fingerprint density at radius 3 is 2.44 bits per heavy atom. The SMILES string of the molecule is O=C(C[NH2+][C@@H](c1ccccc1)c1ccco1)NC(=O)NCC(F)(F)F. The molecule has 2 rings (SSSR count). The maximum Gasteiger partial charge on any atom is 0.405 e. The van der Waals surface area contributed by atoms with Crippen LogP contribution in [-0.2, 0) is 4.79 Å². The molecule has 9 heteroatoms. The minimum atomic E-state index is -4.54. The van der Waals surface area contributed by atoms with E-state index in [-0.39, 0.29) is 12.6 Å². The number of halogens is 3. The number of rotatable bonds is 6. The Balaban J connectivity index is 1.90. The van der Waals surface area contributed by atoms with Crippen LogP contribution in [0.2, 0.25) is 0 Å². The van der Waals surface area contributed by atoms with Crippen LogP contribution in [0.5, 0.6) is 0 Å². The number of hydrogen-bond acceptors (Lipinski definition) is 3. The molecule has 0 spiro atoms. The number of benzene rings is 1. The van der Waals surface area contributed by atoms with E-state index in [0.717, 1.165) is 5.56 Å². The van der Waals surface area contributed by atoms with Gasteiger partial charge in [0.05, 0.1) is 6.26 Å². The highest BCUT2D eigenvalue weighted by Gasteiger charge is 2.28. The highest BCUT2D eigenvalue weighted by Crippen LogP contribution is 2.18. The lowest BCUT2D eigenvalue weighted by Gasteiger charge is -2.14. The first-order valence-electron chi connectivity index (χ1n) is 7.41. The normalized spacial score (nSPS) is 12.4. The zero-order valence-corrected chi connectivity index (χ0v) is 13.0. The molecule has 0 saturated heterocycles. The molecule has 134 valence electrons. The maximum atomic E-state index is 12.0. The summed E-state index contributed by atoms with van der Waals surface area (Å²) in [4.78, 5) is 23.0. The summed E-state index contributed by atoms with van der Waals surface area (Å²) in [6.07, 6.45) is -3.03. The Morgan fingerprint density at radius 1 is 1.12 bits per heavy atom. The average molecular weight is 356 g/mol. The Bertz CT molecular complexity index is 688. The quantitative estimate of drug-likeness (QED) is 0.729. The van der Waals surface area contributed by atoms with Crippen molar-refractivity contribution < 1.29 is 32.5 Å². The molecule has 1 atom stereocenters. The number of imide groups is 1. The van der Waals surface area contributed by atoms with Crippen molar-refractivity contribution in [3.8, 4) is 0 Å². The second-order valence-corrected chi connectivity index (χ2v) is 5.19. The van der Waals surface area contributed by atoms with Crippen LogP contribution in [0.1, 0.15) is 17.4 Å². The summed E-state index contributed by atoms with van der Waals surface area (Å²) in [7, 11) is 0. The van der Waals surface area contributed by atoms with E-state index in [4.69, 9.17) is 4.42 Å². The van der Waals surface area contributed by atoms with Crippen LogP contribution in [0.3, 0.4) is 0 Å². The molecular formula is C16H17F3N3O3+. The minimum Gasteiger partial charge on any atom is -0.463 e. The summed E-state index contributed by atoms with van der Waals surface area (Å²) in [5.41, 5.74) is 0.881. The van der Waals surface area contributed by atoms with Crippen LogP contribution in [0, 0.1) is 0 Å². The van der Waals surface area contributed by atoms with Crippen LogP contribution in [0.25, 0.3) is 0 Å². The zero-order valence-electron chi connectivity index (χ0n) is 13.0. The van der Waals surface area contributed by atoms with Crippen LogP contribution in [0.4, 0.5) is 18.0 Å². The van der Waals surface area contributed by atoms with Gasteiger partial charge in [0, 0.05) is 5.56 Å². The van der Waals surface area contributed by atoms with Crippen molar-refractivity contribution in [1.82, 2.24) is 10.6 Å². The number of nitrogens with one attached hydrogen (secondary N) is 2. The molecule has 0 aliphatic heterocycles. The van der Waals surface area contributed by atoms with Crippen LogP contribution < -0.4 is 16.0 Å². The smallest absolute Gasteiger partial charge is 0.405 e. The number of quaternary nitrogens is 1. The Labute approximate surface area is 141 Å². The van der Waals surface area contributed by atoms with Gasteiger partial charge in [-0.3, -0.25) is 10.1 Å². The van der Waals surface area contributed by atoms with Gasteiger partial charge in [0.1, 0.15) is 6.54 Å². The van der Waals surface area contributed by atoms with Gasteiger partial charge in [-0.2, -0.15) is 13.2 Å². The number of amides is 3. The predicted molar refractivity (Wildman–Crippen MR) is 81.4 cm³/mol. The van der Waals surface area contributed by atoms with Crippen molar-refractivity contribution in [1.29, 1.82) is 0 Å². The summed E-state index contributed by atoms with van der Waals surface area (Å²) in [5, 5.41) is 5.05. The Morgan fingerprint density at radius 2 is 1.84 bits per heavy atom. The van der Waals surface area contributed by atoms with Crippen LogP contribution in [0.15, 0.2) is 53.1 Å². The topological polar surface area (TPSA) is 88.0 Å². The third kappa shape index (κ3) is 6.30. The van der Waals surface area contributed by atoms with E-state index in [1.54, 1.807) is 22.8 Å². The lowest BCUT2D eigenvalue weighted by Crippen LogP contribution is -2.87. The highest BCUT2D eigenvalue weighted by molar-refractivity contribution is 5.94. The van der Waals surface area contributed by atoms with Gasteiger partial charge in [-0.15, -0.1) is 0 Å². The molecule has 1 aromatic heterocycles. The van der Waals surface area contributed by atoms with Gasteiger partial charge >= 0.3 is 12.2 Å². The lowest BCUT2D eigenvalue weighted by atomic mass is 10.0. The first-order chi connectivity index (χ1) is 11.8. The van der Waals surface area contributed by atoms with E-state index in [9.17, 15) is 22.8 Å². The molecule has 0 saturated carbocycles. The molecule has 0 aliphatic rings. The molecule has 2 aromatic rings. The molecule has 3 amide bonds. The lowest BCUT2D eigenvalue weighted by molar-refractivity contribution is -0.678. The summed E-state index contributed by atoms with van der Waals surface area (Å²) >= 11 is 0. The fourth-order valence-corrected chi connectivity index (χ4v) is 2.17. The van der Waals surface area contributed by atoms with Gasteiger partial charge in [0.15, 0.2) is 18.3 Å². The van der Waals surface area contributed by atoms with E-state index in [0.29, 0.717) is 5.76 Å². The molecule has 0 radical (unpaired) electrons. The fraction of sp³-hybridized carbons (Fsp3) is 0.250. The number of furan rings is 1. The minimum absolute atomic E-state index is 0.167. The third-order valence-corrected chi connectivity index (χ3v) is 3.25. The molecule has 0 aliphatic carbocycles. The van der Waals surface area contributed by atoms with E-state index >= 15 is 0 Å². The molecule has 0 bridgehead atoms. The number of urea groups is 1. The number of alkyl halides is 3. The molecule has 0 fully saturated rings. The van der Waals surface area contributed by atoms with E-state index in [1.807, 2.05) is 35.6 Å². The molecule has 6 nitrogen and oxygen atoms in total. The first kappa shape index (κ1) is 18.5. The monoisotopic (exact) mass is 356 g/mol. The molecular weight excluding hydrogens is 339 g/mol. The fourth-order valence-electron chi connectivity index (χ4n) is 2.17. The van der Waals surface area contributed by atoms with Gasteiger partial charge in [-0.25, -0.2) is 4.79 Å². The molecule has 25 heavy (non-hydrogen) atoms. The molecule has 0 unspecified atom stereocenters. The first-order valence-corrected chi connectivity index (χ1v) is 7.41. The Kier molecular flexibility index (Phi) is 6.18. The number of nitrogens with two attached hydrogens (primary N) is 1. The summed E-state index contributed by atoms with van der Waals surface area (Å²) in [6, 6.07) is 11.2. The number of carbonyl (C=O) groups excluding carboxylic acids is 2. The van der Waals surface area contributed by atoms with Crippen LogP contribution >= 0.6 is 0 Å². The molecule has 4 N–H and O–H groups in total. The highest BCUT2D eigenvalue weighted by atomic mass is 19.4. The van der Waals surface area contributed by atoms with Gasteiger partial charge in [-0.05, 0) is 12.1 Å². The van der Waals surface area contributed by atoms with Crippen molar-refractivity contribution in [2.45, 2.75) is 12.2 Å². The van der Waals surface area contributed by atoms with Gasteiger partial charge < -0.3 is 15.1 Å². The number of hydrogen-bond donors (Lipinski definition) is 3. The number of carbonyl (C=O) groups is 2. The van der Waals surface area contributed by atoms with Crippen molar-refractivity contribution in [2.75, 3.05) is 13.1 Å². The van der Waals surface area contributed by atoms with Crippen molar-refractivity contribution >= 4 is 11.9 Å². The standard InChI is InChI=1S/C16H16F3N3O3/c17-16(18,19)10-21-15(24)22-13(23)9-20-14(12-7-4-8-25-12)11-5-2-1-3-6-11/h1-8,14,20H,9-10H2,(H2,21,22,23,24)/p+1/t14-/m0/s1. The van der Waals surface area contributed by atoms with Gasteiger partial charge in [-0.1, -0.05) is 30.3 Å². The predicted octanol–water partition coefficient (Wildman–Crippen LogP) is 1.32. The van der Waals surface area contributed by atoms with Gasteiger partial charge in [0.25, 0.3) is 5.91 Å². The van der Waals surface area contributed by atoms with E-state index in [2.05, 4.69) is 0 Å². The summed E-state index contributed by atoms with van der Waals surface area (Å²) in [5.74, 6) is -0.104. The van der Waals surface area contributed by atoms with E-state index < -0.39 is 24.7 Å². The Hall–Kier alpha value is -2.81. The average Bonchev–Trinajstić information content (AvgIpc) is 3.08. The van der Waals surface area contributed by atoms with E-state index in [1.165, 1.54) is 6.26 Å².